The Kier molecular flexibility index (Phi) is 4.78. The van der Waals surface area contributed by atoms with Crippen molar-refractivity contribution in [1.29, 1.82) is 0 Å². The van der Waals surface area contributed by atoms with Crippen LogP contribution in [0.5, 0.6) is 0 Å². The first-order valence-electron chi connectivity index (χ1n) is 6.96. The number of rotatable bonds is 5. The van der Waals surface area contributed by atoms with E-state index in [0.717, 1.165) is 11.8 Å². The van der Waals surface area contributed by atoms with E-state index in [1.807, 2.05) is 0 Å². The van der Waals surface area contributed by atoms with Crippen molar-refractivity contribution >= 4 is 46.0 Å². The lowest BCUT2D eigenvalue weighted by Crippen LogP contribution is -2.06. The van der Waals surface area contributed by atoms with E-state index in [4.69, 9.17) is 11.6 Å². The molecule has 2 aromatic carbocycles. The van der Waals surface area contributed by atoms with Crippen LogP contribution in [-0.4, -0.2) is 32.6 Å². The molecule has 3 aromatic rings. The van der Waals surface area contributed by atoms with Crippen molar-refractivity contribution in [2.75, 3.05) is 5.75 Å². The SMILES string of the molecule is O=C(CSc1nc(C(=O)O)c2ccccc2n1)c1ccc(Cl)cc1. The maximum absolute atomic E-state index is 12.2. The third-order valence-electron chi connectivity index (χ3n) is 3.28. The smallest absolute Gasteiger partial charge is 0.355 e. The van der Waals surface area contributed by atoms with Gasteiger partial charge in [0.25, 0.3) is 0 Å². The fourth-order valence-corrected chi connectivity index (χ4v) is 3.00. The molecular weight excluding hydrogens is 348 g/mol. The van der Waals surface area contributed by atoms with Crippen LogP contribution in [0.25, 0.3) is 10.9 Å². The second kappa shape index (κ2) is 6.98. The largest absolute Gasteiger partial charge is 0.476 e. The zero-order valence-electron chi connectivity index (χ0n) is 12.3. The number of nitrogens with zero attached hydrogens (tertiary/aromatic N) is 2. The molecule has 24 heavy (non-hydrogen) atoms. The molecule has 0 aliphatic heterocycles. The van der Waals surface area contributed by atoms with Crippen molar-refractivity contribution in [3.8, 4) is 0 Å². The lowest BCUT2D eigenvalue weighted by Gasteiger charge is -2.05. The van der Waals surface area contributed by atoms with Gasteiger partial charge in [-0.05, 0) is 30.3 Å². The number of carbonyl (C=O) groups excluding carboxylic acids is 1. The molecule has 0 aliphatic carbocycles. The predicted molar refractivity (Wildman–Crippen MR) is 93.0 cm³/mol. The quantitative estimate of drug-likeness (QED) is 0.422. The molecule has 0 amide bonds. The molecule has 120 valence electrons. The summed E-state index contributed by atoms with van der Waals surface area (Å²) in [4.78, 5) is 31.9. The number of hydrogen-bond donors (Lipinski definition) is 1. The van der Waals surface area contributed by atoms with E-state index in [1.54, 1.807) is 48.5 Å². The number of para-hydroxylation sites is 1. The molecule has 0 fully saturated rings. The van der Waals surface area contributed by atoms with Crippen LogP contribution >= 0.6 is 23.4 Å². The summed E-state index contributed by atoms with van der Waals surface area (Å²) in [6.45, 7) is 0. The van der Waals surface area contributed by atoms with Crippen molar-refractivity contribution in [3.63, 3.8) is 0 Å². The van der Waals surface area contributed by atoms with Gasteiger partial charge in [-0.1, -0.05) is 41.6 Å². The van der Waals surface area contributed by atoms with Gasteiger partial charge in [0.1, 0.15) is 0 Å². The molecule has 0 saturated heterocycles. The summed E-state index contributed by atoms with van der Waals surface area (Å²) in [6.07, 6.45) is 0. The van der Waals surface area contributed by atoms with Crippen LogP contribution in [-0.2, 0) is 0 Å². The average Bonchev–Trinajstić information content (AvgIpc) is 2.59. The standard InChI is InChI=1S/C17H11ClN2O3S/c18-11-7-5-10(6-8-11)14(21)9-24-17-19-13-4-2-1-3-12(13)15(20-17)16(22)23/h1-8H,9H2,(H,22,23). The molecule has 1 heterocycles. The first-order chi connectivity index (χ1) is 11.5. The summed E-state index contributed by atoms with van der Waals surface area (Å²) >= 11 is 6.91. The fourth-order valence-electron chi connectivity index (χ4n) is 2.13. The van der Waals surface area contributed by atoms with E-state index in [1.165, 1.54) is 0 Å². The molecule has 0 unspecified atom stereocenters. The monoisotopic (exact) mass is 358 g/mol. The molecule has 7 heteroatoms. The number of thioether (sulfide) groups is 1. The minimum Gasteiger partial charge on any atom is -0.476 e. The third kappa shape index (κ3) is 3.55. The number of carboxylic acid groups (broad SMARTS) is 1. The number of carbonyl (C=O) groups is 2. The molecule has 5 nitrogen and oxygen atoms in total. The van der Waals surface area contributed by atoms with Crippen LogP contribution in [0.3, 0.4) is 0 Å². The van der Waals surface area contributed by atoms with Gasteiger partial charge in [-0.3, -0.25) is 4.79 Å². The number of Topliss-reactive ketones (excluding diaryl/α,β-unsaturated/α-hetero) is 1. The molecule has 1 aromatic heterocycles. The lowest BCUT2D eigenvalue weighted by molar-refractivity contribution is 0.0691. The van der Waals surface area contributed by atoms with Crippen LogP contribution in [0.1, 0.15) is 20.8 Å². The van der Waals surface area contributed by atoms with E-state index in [9.17, 15) is 14.7 Å². The Bertz CT molecular complexity index is 929. The predicted octanol–water partition coefficient (Wildman–Crippen LogP) is 3.96. The van der Waals surface area contributed by atoms with E-state index in [-0.39, 0.29) is 22.4 Å². The Hall–Kier alpha value is -2.44. The van der Waals surface area contributed by atoms with E-state index >= 15 is 0 Å². The van der Waals surface area contributed by atoms with Gasteiger partial charge in [0, 0.05) is 16.0 Å². The molecule has 1 N–H and O–H groups in total. The Balaban J connectivity index is 1.83. The van der Waals surface area contributed by atoms with Crippen LogP contribution in [0, 0.1) is 0 Å². The number of aromatic carboxylic acids is 1. The normalized spacial score (nSPS) is 10.7. The Morgan fingerprint density at radius 1 is 1.04 bits per heavy atom. The van der Waals surface area contributed by atoms with Crippen molar-refractivity contribution in [1.82, 2.24) is 9.97 Å². The van der Waals surface area contributed by atoms with E-state index in [0.29, 0.717) is 21.5 Å². The molecule has 0 atom stereocenters. The number of hydrogen-bond acceptors (Lipinski definition) is 5. The first kappa shape index (κ1) is 16.4. The van der Waals surface area contributed by atoms with E-state index in [2.05, 4.69) is 9.97 Å². The summed E-state index contributed by atoms with van der Waals surface area (Å²) in [5, 5.41) is 10.6. The van der Waals surface area contributed by atoms with Crippen molar-refractivity contribution < 1.29 is 14.7 Å². The number of carboxylic acids is 1. The fraction of sp³-hybridized carbons (Fsp3) is 0.0588. The van der Waals surface area contributed by atoms with Gasteiger partial charge in [0.15, 0.2) is 16.6 Å². The van der Waals surface area contributed by atoms with Gasteiger partial charge in [-0.2, -0.15) is 0 Å². The molecule has 0 aliphatic rings. The van der Waals surface area contributed by atoms with Crippen molar-refractivity contribution in [2.24, 2.45) is 0 Å². The number of aromatic nitrogens is 2. The summed E-state index contributed by atoms with van der Waals surface area (Å²) in [7, 11) is 0. The molecule has 3 rings (SSSR count). The number of ketones is 1. The number of halogens is 1. The molecule has 0 saturated carbocycles. The van der Waals surface area contributed by atoms with E-state index < -0.39 is 5.97 Å². The number of benzene rings is 2. The second-order valence-corrected chi connectivity index (χ2v) is 6.27. The Morgan fingerprint density at radius 3 is 2.46 bits per heavy atom. The minimum atomic E-state index is -1.13. The van der Waals surface area contributed by atoms with Gasteiger partial charge in [0.2, 0.25) is 0 Å². The average molecular weight is 359 g/mol. The van der Waals surface area contributed by atoms with Crippen LogP contribution < -0.4 is 0 Å². The van der Waals surface area contributed by atoms with Crippen molar-refractivity contribution in [3.05, 3.63) is 64.8 Å². The highest BCUT2D eigenvalue weighted by atomic mass is 35.5. The molecule has 0 spiro atoms. The zero-order valence-corrected chi connectivity index (χ0v) is 13.8. The van der Waals surface area contributed by atoms with Crippen LogP contribution in [0.2, 0.25) is 5.02 Å². The van der Waals surface area contributed by atoms with Gasteiger partial charge in [-0.15, -0.1) is 0 Å². The highest BCUT2D eigenvalue weighted by Crippen LogP contribution is 2.22. The topological polar surface area (TPSA) is 80.2 Å². The summed E-state index contributed by atoms with van der Waals surface area (Å²) in [6, 6.07) is 13.5. The summed E-state index contributed by atoms with van der Waals surface area (Å²) in [5.74, 6) is -1.12. The molecule has 0 radical (unpaired) electrons. The molecule has 0 bridgehead atoms. The molecular formula is C17H11ClN2O3S. The highest BCUT2D eigenvalue weighted by molar-refractivity contribution is 7.99. The second-order valence-electron chi connectivity index (χ2n) is 4.90. The van der Waals surface area contributed by atoms with Gasteiger partial charge in [0.05, 0.1) is 11.3 Å². The summed E-state index contributed by atoms with van der Waals surface area (Å²) in [5.41, 5.74) is 1.000. The maximum Gasteiger partial charge on any atom is 0.355 e. The van der Waals surface area contributed by atoms with Crippen LogP contribution in [0.15, 0.2) is 53.7 Å². The van der Waals surface area contributed by atoms with Gasteiger partial charge < -0.3 is 5.11 Å². The van der Waals surface area contributed by atoms with Crippen LogP contribution in [0.4, 0.5) is 0 Å². The van der Waals surface area contributed by atoms with Gasteiger partial charge >= 0.3 is 5.97 Å². The minimum absolute atomic E-state index is 0.0676. The number of fused-ring (bicyclic) bond motifs is 1. The zero-order chi connectivity index (χ0) is 17.1. The highest BCUT2D eigenvalue weighted by Gasteiger charge is 2.15. The maximum atomic E-state index is 12.2. The third-order valence-corrected chi connectivity index (χ3v) is 4.38. The Morgan fingerprint density at radius 2 is 1.75 bits per heavy atom. The van der Waals surface area contributed by atoms with Gasteiger partial charge in [-0.25, -0.2) is 14.8 Å². The lowest BCUT2D eigenvalue weighted by atomic mass is 10.1. The van der Waals surface area contributed by atoms with Crippen molar-refractivity contribution in [2.45, 2.75) is 5.16 Å². The summed E-state index contributed by atoms with van der Waals surface area (Å²) < 4.78 is 0. The Labute approximate surface area is 146 Å². The first-order valence-corrected chi connectivity index (χ1v) is 8.32.